The molecule has 1 aliphatic carbocycles. The van der Waals surface area contributed by atoms with Crippen molar-refractivity contribution in [1.29, 1.82) is 0 Å². The fraction of sp³-hybridized carbons (Fsp3) is 0.533. The second kappa shape index (κ2) is 4.30. The molecule has 0 radical (unpaired) electrons. The molecule has 0 aliphatic heterocycles. The maximum Gasteiger partial charge on any atom is 0.274 e. The number of anilines is 1. The van der Waals surface area contributed by atoms with Gasteiger partial charge in [0.05, 0.1) is 4.92 Å². The zero-order valence-corrected chi connectivity index (χ0v) is 12.5. The smallest absolute Gasteiger partial charge is 0.274 e. The number of nitrogens with one attached hydrogen (secondary N) is 1. The van der Waals surface area contributed by atoms with Gasteiger partial charge in [0.2, 0.25) is 5.91 Å². The molecule has 0 spiro atoms. The van der Waals surface area contributed by atoms with Crippen molar-refractivity contribution >= 4 is 17.3 Å². The van der Waals surface area contributed by atoms with Crippen LogP contribution < -0.4 is 5.32 Å². The molecule has 5 heteroatoms. The van der Waals surface area contributed by atoms with Gasteiger partial charge in [0.25, 0.3) is 5.69 Å². The van der Waals surface area contributed by atoms with Gasteiger partial charge in [0, 0.05) is 23.2 Å². The number of rotatable bonds is 3. The number of nitro benzene ring substituents is 1. The van der Waals surface area contributed by atoms with Crippen molar-refractivity contribution in [3.05, 3.63) is 33.9 Å². The first kappa shape index (κ1) is 14.5. The van der Waals surface area contributed by atoms with Crippen molar-refractivity contribution in [2.75, 3.05) is 5.32 Å². The number of aryl methyl sites for hydroxylation is 1. The quantitative estimate of drug-likeness (QED) is 0.678. The Bertz CT molecular complexity index is 577. The fourth-order valence-electron chi connectivity index (χ4n) is 2.95. The van der Waals surface area contributed by atoms with Crippen LogP contribution in [0.5, 0.6) is 0 Å². The molecular formula is C15H20N2O3. The molecule has 108 valence electrons. The first-order valence-electron chi connectivity index (χ1n) is 6.65. The summed E-state index contributed by atoms with van der Waals surface area (Å²) in [5.74, 6) is -0.145. The molecule has 1 N–H and O–H groups in total. The lowest BCUT2D eigenvalue weighted by molar-refractivity contribution is -0.385. The van der Waals surface area contributed by atoms with E-state index >= 15 is 0 Å². The summed E-state index contributed by atoms with van der Waals surface area (Å²) in [6.07, 6.45) is 0. The van der Waals surface area contributed by atoms with Crippen LogP contribution in [-0.2, 0) is 4.79 Å². The van der Waals surface area contributed by atoms with Crippen LogP contribution in [0.4, 0.5) is 11.4 Å². The number of hydrogen-bond acceptors (Lipinski definition) is 3. The zero-order valence-electron chi connectivity index (χ0n) is 12.5. The van der Waals surface area contributed by atoms with E-state index in [4.69, 9.17) is 0 Å². The molecule has 1 aromatic carbocycles. The van der Waals surface area contributed by atoms with Gasteiger partial charge in [-0.3, -0.25) is 14.9 Å². The van der Waals surface area contributed by atoms with Gasteiger partial charge in [0.1, 0.15) is 0 Å². The number of benzene rings is 1. The molecule has 1 aromatic rings. The minimum atomic E-state index is -0.435. The minimum absolute atomic E-state index is 0.0251. The Hall–Kier alpha value is -1.91. The molecule has 0 saturated heterocycles. The van der Waals surface area contributed by atoms with Gasteiger partial charge < -0.3 is 5.32 Å². The van der Waals surface area contributed by atoms with E-state index in [1.165, 1.54) is 6.07 Å². The number of nitrogens with zero attached hydrogens (tertiary/aromatic N) is 1. The van der Waals surface area contributed by atoms with Crippen LogP contribution in [-0.4, -0.2) is 10.8 Å². The molecule has 2 rings (SSSR count). The molecule has 0 bridgehead atoms. The highest BCUT2D eigenvalue weighted by Crippen LogP contribution is 2.68. The van der Waals surface area contributed by atoms with Crippen LogP contribution in [0.25, 0.3) is 0 Å². The van der Waals surface area contributed by atoms with E-state index in [1.54, 1.807) is 19.1 Å². The number of nitro groups is 1. The monoisotopic (exact) mass is 276 g/mol. The van der Waals surface area contributed by atoms with Crippen LogP contribution >= 0.6 is 0 Å². The number of amides is 1. The van der Waals surface area contributed by atoms with Gasteiger partial charge in [-0.15, -0.1) is 0 Å². The van der Waals surface area contributed by atoms with Gasteiger partial charge in [-0.05, 0) is 23.8 Å². The molecule has 20 heavy (non-hydrogen) atoms. The summed E-state index contributed by atoms with van der Waals surface area (Å²) in [4.78, 5) is 22.8. The molecule has 1 fully saturated rings. The maximum atomic E-state index is 12.3. The third kappa shape index (κ3) is 2.07. The minimum Gasteiger partial charge on any atom is -0.326 e. The Morgan fingerprint density at radius 1 is 1.25 bits per heavy atom. The van der Waals surface area contributed by atoms with Crippen LogP contribution in [0.15, 0.2) is 18.2 Å². The Kier molecular flexibility index (Phi) is 3.11. The third-order valence-corrected chi connectivity index (χ3v) is 4.96. The second-order valence-corrected chi connectivity index (χ2v) is 6.62. The molecular weight excluding hydrogens is 256 g/mol. The SMILES string of the molecule is Cc1ccc(NC(=O)C2C(C)(C)C2(C)C)cc1[N+](=O)[O-]. The Labute approximate surface area is 118 Å². The standard InChI is InChI=1S/C15H20N2O3/c1-9-6-7-10(8-11(9)17(19)20)16-13(18)12-14(2,3)15(12,4)5/h6-8,12H,1-5H3,(H,16,18). The molecule has 5 nitrogen and oxygen atoms in total. The van der Waals surface area contributed by atoms with Crippen molar-refractivity contribution in [1.82, 2.24) is 0 Å². The number of carbonyl (C=O) groups is 1. The van der Waals surface area contributed by atoms with Crippen molar-refractivity contribution in [2.45, 2.75) is 34.6 Å². The van der Waals surface area contributed by atoms with Crippen LogP contribution in [0.3, 0.4) is 0 Å². The average Bonchev–Trinajstić information content (AvgIpc) is 2.71. The molecule has 1 amide bonds. The predicted octanol–water partition coefficient (Wildman–Crippen LogP) is 3.52. The molecule has 0 atom stereocenters. The van der Waals surface area contributed by atoms with Gasteiger partial charge in [0.15, 0.2) is 0 Å². The summed E-state index contributed by atoms with van der Waals surface area (Å²) in [5, 5.41) is 13.7. The maximum absolute atomic E-state index is 12.3. The lowest BCUT2D eigenvalue weighted by Gasteiger charge is -2.07. The van der Waals surface area contributed by atoms with Gasteiger partial charge in [-0.2, -0.15) is 0 Å². The summed E-state index contributed by atoms with van der Waals surface area (Å²) in [7, 11) is 0. The zero-order chi connectivity index (χ0) is 15.3. The van der Waals surface area contributed by atoms with Gasteiger partial charge in [-0.1, -0.05) is 33.8 Å². The highest BCUT2D eigenvalue weighted by molar-refractivity contribution is 5.96. The number of hydrogen-bond donors (Lipinski definition) is 1. The van der Waals surface area contributed by atoms with E-state index in [0.717, 1.165) is 0 Å². The first-order valence-corrected chi connectivity index (χ1v) is 6.65. The van der Waals surface area contributed by atoms with E-state index in [1.807, 2.05) is 0 Å². The summed E-state index contributed by atoms with van der Waals surface area (Å²) in [6, 6.07) is 4.76. The lowest BCUT2D eigenvalue weighted by atomic mass is 10.0. The van der Waals surface area contributed by atoms with E-state index < -0.39 is 4.92 Å². The summed E-state index contributed by atoms with van der Waals surface area (Å²) >= 11 is 0. The summed E-state index contributed by atoms with van der Waals surface area (Å²) < 4.78 is 0. The van der Waals surface area contributed by atoms with Gasteiger partial charge >= 0.3 is 0 Å². The van der Waals surface area contributed by atoms with Crippen LogP contribution in [0.2, 0.25) is 0 Å². The molecule has 0 aromatic heterocycles. The summed E-state index contributed by atoms with van der Waals surface area (Å²) in [5.41, 5.74) is 0.990. The molecule has 1 saturated carbocycles. The highest BCUT2D eigenvalue weighted by Gasteiger charge is 2.68. The average molecular weight is 276 g/mol. The Balaban J connectivity index is 2.18. The van der Waals surface area contributed by atoms with E-state index in [0.29, 0.717) is 11.3 Å². The van der Waals surface area contributed by atoms with Crippen molar-refractivity contribution in [2.24, 2.45) is 16.7 Å². The van der Waals surface area contributed by atoms with E-state index in [-0.39, 0.29) is 28.3 Å². The third-order valence-electron chi connectivity index (χ3n) is 4.96. The summed E-state index contributed by atoms with van der Waals surface area (Å²) in [6.45, 7) is 9.93. The Morgan fingerprint density at radius 2 is 1.80 bits per heavy atom. The van der Waals surface area contributed by atoms with E-state index in [2.05, 4.69) is 33.0 Å². The van der Waals surface area contributed by atoms with Crippen molar-refractivity contribution in [3.63, 3.8) is 0 Å². The fourth-order valence-corrected chi connectivity index (χ4v) is 2.95. The first-order chi connectivity index (χ1) is 9.09. The van der Waals surface area contributed by atoms with Crippen LogP contribution in [0, 0.1) is 33.8 Å². The lowest BCUT2D eigenvalue weighted by Crippen LogP contribution is -2.17. The Morgan fingerprint density at radius 3 is 2.25 bits per heavy atom. The highest BCUT2D eigenvalue weighted by atomic mass is 16.6. The largest absolute Gasteiger partial charge is 0.326 e. The molecule has 0 heterocycles. The van der Waals surface area contributed by atoms with E-state index in [9.17, 15) is 14.9 Å². The normalized spacial score (nSPS) is 19.4. The van der Waals surface area contributed by atoms with Gasteiger partial charge in [-0.25, -0.2) is 0 Å². The van der Waals surface area contributed by atoms with Crippen molar-refractivity contribution < 1.29 is 9.72 Å². The predicted molar refractivity (Wildman–Crippen MR) is 77.5 cm³/mol. The second-order valence-electron chi connectivity index (χ2n) is 6.62. The number of carbonyl (C=O) groups excluding carboxylic acids is 1. The molecule has 1 aliphatic rings. The van der Waals surface area contributed by atoms with Crippen molar-refractivity contribution in [3.8, 4) is 0 Å². The topological polar surface area (TPSA) is 72.2 Å². The van der Waals surface area contributed by atoms with Crippen LogP contribution in [0.1, 0.15) is 33.3 Å². The molecule has 0 unspecified atom stereocenters.